The van der Waals surface area contributed by atoms with Gasteiger partial charge >= 0.3 is 0 Å². The number of rotatable bonds is 4. The van der Waals surface area contributed by atoms with E-state index in [-0.39, 0.29) is 0 Å². The zero-order chi connectivity index (χ0) is 13.4. The van der Waals surface area contributed by atoms with E-state index in [4.69, 9.17) is 9.47 Å². The van der Waals surface area contributed by atoms with Crippen LogP contribution in [0.1, 0.15) is 50.7 Å². The molecule has 2 heteroatoms. The summed E-state index contributed by atoms with van der Waals surface area (Å²) < 4.78 is 11.0. The number of hydrogen-bond donors (Lipinski definition) is 0. The van der Waals surface area contributed by atoms with Crippen LogP contribution in [-0.4, -0.2) is 6.79 Å². The highest BCUT2D eigenvalue weighted by molar-refractivity contribution is 6.00. The Morgan fingerprint density at radius 2 is 1.53 bits per heavy atom. The number of ether oxygens (including phenoxy) is 2. The second-order valence-electron chi connectivity index (χ2n) is 5.19. The molecule has 0 amide bonds. The summed E-state index contributed by atoms with van der Waals surface area (Å²) in [4.78, 5) is 0. The highest BCUT2D eigenvalue weighted by Crippen LogP contribution is 2.48. The molecule has 0 unspecified atom stereocenters. The number of benzene rings is 1. The van der Waals surface area contributed by atoms with Crippen molar-refractivity contribution >= 4 is 11.1 Å². The van der Waals surface area contributed by atoms with Crippen LogP contribution in [0.15, 0.2) is 24.3 Å². The van der Waals surface area contributed by atoms with Gasteiger partial charge in [0.15, 0.2) is 11.5 Å². The second kappa shape index (κ2) is 4.76. The number of allylic oxidation sites excluding steroid dienone is 3. The first kappa shape index (κ1) is 12.3. The standard InChI is InChI=1S/C17H20O2/c1-4-6-12-11(3)14-8-16-17(19-10-18-16)9-15(14)13(12)7-5-2/h8-9H,3-7,10H2,1-2H3. The maximum atomic E-state index is 5.51. The predicted octanol–water partition coefficient (Wildman–Crippen LogP) is 4.80. The quantitative estimate of drug-likeness (QED) is 0.770. The lowest BCUT2D eigenvalue weighted by Crippen LogP contribution is -1.93. The fourth-order valence-corrected chi connectivity index (χ4v) is 3.04. The van der Waals surface area contributed by atoms with Crippen molar-refractivity contribution in [3.63, 3.8) is 0 Å². The van der Waals surface area contributed by atoms with E-state index in [2.05, 4.69) is 32.6 Å². The van der Waals surface area contributed by atoms with Crippen LogP contribution < -0.4 is 9.47 Å². The van der Waals surface area contributed by atoms with E-state index in [9.17, 15) is 0 Å². The fourth-order valence-electron chi connectivity index (χ4n) is 3.04. The van der Waals surface area contributed by atoms with Gasteiger partial charge in [-0.15, -0.1) is 0 Å². The van der Waals surface area contributed by atoms with Crippen molar-refractivity contribution in [3.05, 3.63) is 35.4 Å². The van der Waals surface area contributed by atoms with E-state index >= 15 is 0 Å². The minimum Gasteiger partial charge on any atom is -0.454 e. The Labute approximate surface area is 114 Å². The van der Waals surface area contributed by atoms with Gasteiger partial charge in [-0.1, -0.05) is 33.3 Å². The van der Waals surface area contributed by atoms with Crippen molar-refractivity contribution in [1.29, 1.82) is 0 Å². The van der Waals surface area contributed by atoms with Gasteiger partial charge in [0.2, 0.25) is 6.79 Å². The Morgan fingerprint density at radius 3 is 2.16 bits per heavy atom. The molecule has 0 spiro atoms. The van der Waals surface area contributed by atoms with E-state index < -0.39 is 0 Å². The molecule has 1 aromatic rings. The summed E-state index contributed by atoms with van der Waals surface area (Å²) in [6.45, 7) is 9.08. The van der Waals surface area contributed by atoms with Gasteiger partial charge in [0, 0.05) is 0 Å². The smallest absolute Gasteiger partial charge is 0.231 e. The highest BCUT2D eigenvalue weighted by Gasteiger charge is 2.27. The van der Waals surface area contributed by atoms with Crippen molar-refractivity contribution in [2.24, 2.45) is 0 Å². The Kier molecular flexibility index (Phi) is 3.09. The average molecular weight is 256 g/mol. The summed E-state index contributed by atoms with van der Waals surface area (Å²) in [6.07, 6.45) is 4.53. The van der Waals surface area contributed by atoms with Gasteiger partial charge in [0.25, 0.3) is 0 Å². The molecule has 1 aromatic carbocycles. The van der Waals surface area contributed by atoms with E-state index in [0.29, 0.717) is 6.79 Å². The van der Waals surface area contributed by atoms with Crippen molar-refractivity contribution in [3.8, 4) is 11.5 Å². The van der Waals surface area contributed by atoms with Crippen LogP contribution in [0.25, 0.3) is 11.1 Å². The van der Waals surface area contributed by atoms with Crippen LogP contribution in [0.2, 0.25) is 0 Å². The molecule has 3 rings (SSSR count). The molecule has 0 saturated carbocycles. The van der Waals surface area contributed by atoms with E-state index in [1.807, 2.05) is 0 Å². The molecule has 100 valence electrons. The second-order valence-corrected chi connectivity index (χ2v) is 5.19. The third-order valence-electron chi connectivity index (χ3n) is 3.89. The van der Waals surface area contributed by atoms with Crippen LogP contribution in [-0.2, 0) is 0 Å². The Morgan fingerprint density at radius 1 is 0.947 bits per heavy atom. The molecule has 19 heavy (non-hydrogen) atoms. The zero-order valence-corrected chi connectivity index (χ0v) is 11.7. The largest absolute Gasteiger partial charge is 0.454 e. The molecule has 1 heterocycles. The molecule has 0 atom stereocenters. The molecule has 0 saturated heterocycles. The van der Waals surface area contributed by atoms with Gasteiger partial charge in [0.05, 0.1) is 0 Å². The Bertz CT molecular complexity index is 567. The molecule has 0 radical (unpaired) electrons. The highest BCUT2D eigenvalue weighted by atomic mass is 16.7. The summed E-state index contributed by atoms with van der Waals surface area (Å²) in [6, 6.07) is 4.23. The monoisotopic (exact) mass is 256 g/mol. The summed E-state index contributed by atoms with van der Waals surface area (Å²) in [7, 11) is 0. The topological polar surface area (TPSA) is 18.5 Å². The number of hydrogen-bond acceptors (Lipinski definition) is 2. The zero-order valence-electron chi connectivity index (χ0n) is 11.7. The van der Waals surface area contributed by atoms with E-state index in [0.717, 1.165) is 37.2 Å². The van der Waals surface area contributed by atoms with Crippen LogP contribution in [0.5, 0.6) is 11.5 Å². The molecule has 0 N–H and O–H groups in total. The van der Waals surface area contributed by atoms with Crippen molar-refractivity contribution in [1.82, 2.24) is 0 Å². The molecule has 1 aliphatic heterocycles. The molecule has 1 aliphatic carbocycles. The molecule has 2 aliphatic rings. The summed E-state index contributed by atoms with van der Waals surface area (Å²) in [5, 5.41) is 0. The van der Waals surface area contributed by atoms with Gasteiger partial charge in [0.1, 0.15) is 0 Å². The third-order valence-corrected chi connectivity index (χ3v) is 3.89. The van der Waals surface area contributed by atoms with Gasteiger partial charge in [-0.25, -0.2) is 0 Å². The van der Waals surface area contributed by atoms with Crippen LogP contribution in [0.4, 0.5) is 0 Å². The van der Waals surface area contributed by atoms with Gasteiger partial charge < -0.3 is 9.47 Å². The van der Waals surface area contributed by atoms with E-state index in [1.165, 1.54) is 27.8 Å². The minimum atomic E-state index is 0.333. The molecular formula is C17H20O2. The lowest BCUT2D eigenvalue weighted by Gasteiger charge is -2.07. The number of fused-ring (bicyclic) bond motifs is 2. The molecule has 0 aromatic heterocycles. The Balaban J connectivity index is 2.11. The van der Waals surface area contributed by atoms with E-state index in [1.54, 1.807) is 0 Å². The van der Waals surface area contributed by atoms with Crippen LogP contribution in [0.3, 0.4) is 0 Å². The normalized spacial score (nSPS) is 16.2. The van der Waals surface area contributed by atoms with Gasteiger partial charge in [-0.3, -0.25) is 0 Å². The average Bonchev–Trinajstić information content (AvgIpc) is 2.96. The van der Waals surface area contributed by atoms with Crippen LogP contribution >= 0.6 is 0 Å². The first-order valence-electron chi connectivity index (χ1n) is 7.12. The lowest BCUT2D eigenvalue weighted by molar-refractivity contribution is 0.174. The van der Waals surface area contributed by atoms with Crippen molar-refractivity contribution in [2.75, 3.05) is 6.79 Å². The molecular weight excluding hydrogens is 236 g/mol. The molecule has 0 bridgehead atoms. The summed E-state index contributed by atoms with van der Waals surface area (Å²) in [5.74, 6) is 1.73. The fraction of sp³-hybridized carbons (Fsp3) is 0.412. The van der Waals surface area contributed by atoms with Gasteiger partial charge in [-0.2, -0.15) is 0 Å². The van der Waals surface area contributed by atoms with Crippen LogP contribution in [0, 0.1) is 0 Å². The first-order valence-corrected chi connectivity index (χ1v) is 7.12. The molecule has 2 nitrogen and oxygen atoms in total. The first-order chi connectivity index (χ1) is 9.26. The maximum absolute atomic E-state index is 5.51. The van der Waals surface area contributed by atoms with Crippen molar-refractivity contribution < 1.29 is 9.47 Å². The van der Waals surface area contributed by atoms with Crippen molar-refractivity contribution in [2.45, 2.75) is 39.5 Å². The van der Waals surface area contributed by atoms with Gasteiger partial charge in [-0.05, 0) is 52.8 Å². The predicted molar refractivity (Wildman–Crippen MR) is 78.3 cm³/mol. The maximum Gasteiger partial charge on any atom is 0.231 e. The lowest BCUT2D eigenvalue weighted by atomic mass is 9.98. The SMILES string of the molecule is C=C1C(CCC)=C(CCC)c2cc3c(cc21)OCO3. The minimum absolute atomic E-state index is 0.333. The molecule has 0 fully saturated rings. The Hall–Kier alpha value is -1.70. The summed E-state index contributed by atoms with van der Waals surface area (Å²) >= 11 is 0. The summed E-state index contributed by atoms with van der Waals surface area (Å²) in [5.41, 5.74) is 6.61. The third kappa shape index (κ3) is 1.86.